The van der Waals surface area contributed by atoms with E-state index in [1.807, 2.05) is 0 Å². The fourth-order valence-electron chi connectivity index (χ4n) is 0.202. The van der Waals surface area contributed by atoms with Crippen molar-refractivity contribution in [1.82, 2.24) is 0 Å². The number of rotatable bonds is 0. The van der Waals surface area contributed by atoms with Gasteiger partial charge in [-0.15, -0.1) is 0 Å². The molecule has 0 aromatic rings. The van der Waals surface area contributed by atoms with Crippen LogP contribution in [0.15, 0.2) is 0 Å². The van der Waals surface area contributed by atoms with E-state index in [1.165, 1.54) is 13.8 Å². The minimum atomic E-state index is -2.33. The van der Waals surface area contributed by atoms with E-state index >= 15 is 0 Å². The van der Waals surface area contributed by atoms with Gasteiger partial charge in [-0.2, -0.15) is 0 Å². The summed E-state index contributed by atoms with van der Waals surface area (Å²) < 4.78 is 3.97. The maximum absolute atomic E-state index is 9.81. The average Bonchev–Trinajstić information content (AvgIpc) is 1.56. The van der Waals surface area contributed by atoms with Crippen molar-refractivity contribution in [3.05, 3.63) is 0 Å². The summed E-state index contributed by atoms with van der Waals surface area (Å²) in [4.78, 5) is 28.0. The fraction of sp³-hybridized carbons (Fsp3) is 0.400. The predicted molar refractivity (Wildman–Crippen MR) is 27.8 cm³/mol. The summed E-state index contributed by atoms with van der Waals surface area (Å²) in [6, 6.07) is 0. The van der Waals surface area contributed by atoms with Crippen LogP contribution in [0.5, 0.6) is 0 Å². The summed E-state index contributed by atoms with van der Waals surface area (Å²) in [5.41, 5.74) is 0. The van der Waals surface area contributed by atoms with Gasteiger partial charge < -0.3 is 19.7 Å². The van der Waals surface area contributed by atoms with Gasteiger partial charge in [0.05, 0.1) is 0 Å². The zero-order valence-corrected chi connectivity index (χ0v) is 14.2. The van der Waals surface area contributed by atoms with Crippen molar-refractivity contribution in [1.29, 1.82) is 0 Å². The van der Waals surface area contributed by atoms with E-state index in [9.17, 15) is 9.59 Å². The van der Waals surface area contributed by atoms with Crippen LogP contribution < -0.4 is 113 Å². The van der Waals surface area contributed by atoms with Crippen molar-refractivity contribution in [3.8, 4) is 0 Å². The molecule has 0 aliphatic rings. The largest absolute Gasteiger partial charge is 1.00 e. The molecule has 13 heavy (non-hydrogen) atoms. The normalized spacial score (nSPS) is 6.00. The van der Waals surface area contributed by atoms with Gasteiger partial charge in [-0.1, -0.05) is 0 Å². The summed E-state index contributed by atoms with van der Waals surface area (Å²) in [6.45, 7) is 2.36. The molecule has 0 rings (SSSR count). The second kappa shape index (κ2) is 16.1. The Morgan fingerprint density at radius 3 is 1.08 bits per heavy atom. The topological polar surface area (TPSA) is 107 Å². The van der Waals surface area contributed by atoms with Gasteiger partial charge >= 0.3 is 115 Å². The average molecular weight is 240 g/mol. The quantitative estimate of drug-likeness (QED) is 0.236. The zero-order chi connectivity index (χ0) is 9.44. The standard InChI is InChI=1S/C4H6O3.CH2O3.2K/c1-3(5)7-4(2)6;2-1(3)4;;/h1-2H3;(H2,2,3,4);;/q;;2*+1/p-2. The molecule has 6 nitrogen and oxygen atoms in total. The van der Waals surface area contributed by atoms with Gasteiger partial charge in [0.1, 0.15) is 0 Å². The van der Waals surface area contributed by atoms with Crippen LogP contribution in [0, 0.1) is 0 Å². The SMILES string of the molecule is CC(=O)OC(C)=O.O=C([O-])[O-].[K+].[K+]. The number of carbonyl (C=O) groups is 3. The fourth-order valence-corrected chi connectivity index (χ4v) is 0.202. The third kappa shape index (κ3) is 57.8. The molecule has 0 saturated carbocycles. The summed E-state index contributed by atoms with van der Waals surface area (Å²) in [6.07, 6.45) is -2.33. The van der Waals surface area contributed by atoms with Gasteiger partial charge in [-0.05, 0) is 6.16 Å². The molecule has 0 N–H and O–H groups in total. The molecule has 0 bridgehead atoms. The van der Waals surface area contributed by atoms with Crippen LogP contribution >= 0.6 is 0 Å². The van der Waals surface area contributed by atoms with Crippen LogP contribution in [0.1, 0.15) is 13.8 Å². The molecular formula is C5H6K2O6. The number of hydrogen-bond donors (Lipinski definition) is 0. The van der Waals surface area contributed by atoms with Crippen molar-refractivity contribution in [2.75, 3.05) is 0 Å². The Bertz CT molecular complexity index is 152. The van der Waals surface area contributed by atoms with Gasteiger partial charge in [0.15, 0.2) is 0 Å². The van der Waals surface area contributed by atoms with Crippen LogP contribution in [-0.4, -0.2) is 18.1 Å². The minimum absolute atomic E-state index is 0. The predicted octanol–water partition coefficient (Wildman–Crippen LogP) is -8.34. The first-order valence-corrected chi connectivity index (χ1v) is 2.43. The Hall–Kier alpha value is 1.68. The van der Waals surface area contributed by atoms with Crippen LogP contribution in [0.4, 0.5) is 4.79 Å². The van der Waals surface area contributed by atoms with E-state index in [0.717, 1.165) is 0 Å². The van der Waals surface area contributed by atoms with Crippen LogP contribution in [0.3, 0.4) is 0 Å². The first-order valence-electron chi connectivity index (χ1n) is 2.43. The monoisotopic (exact) mass is 240 g/mol. The van der Waals surface area contributed by atoms with Gasteiger partial charge in [0.2, 0.25) is 0 Å². The number of ether oxygens (including phenoxy) is 1. The number of hydrogen-bond acceptors (Lipinski definition) is 6. The molecule has 0 fully saturated rings. The Labute approximate surface area is 160 Å². The number of carboxylic acid groups (broad SMARTS) is 2. The van der Waals surface area contributed by atoms with Crippen molar-refractivity contribution in [2.45, 2.75) is 13.8 Å². The van der Waals surface area contributed by atoms with E-state index in [0.29, 0.717) is 0 Å². The molecule has 0 atom stereocenters. The molecule has 0 aliphatic carbocycles. The Balaban J connectivity index is -0.0000000600. The molecule has 64 valence electrons. The van der Waals surface area contributed by atoms with Crippen molar-refractivity contribution in [2.24, 2.45) is 0 Å². The van der Waals surface area contributed by atoms with E-state index in [4.69, 9.17) is 15.0 Å². The molecule has 0 aromatic carbocycles. The second-order valence-electron chi connectivity index (χ2n) is 1.34. The molecule has 0 amide bonds. The molecule has 8 heteroatoms. The van der Waals surface area contributed by atoms with Crippen molar-refractivity contribution >= 4 is 18.1 Å². The maximum atomic E-state index is 9.81. The molecule has 0 heterocycles. The van der Waals surface area contributed by atoms with E-state index in [2.05, 4.69) is 4.74 Å². The van der Waals surface area contributed by atoms with E-state index in [1.54, 1.807) is 0 Å². The smallest absolute Gasteiger partial charge is 0.652 e. The third-order valence-corrected chi connectivity index (χ3v) is 0.287. The molecule has 0 aromatic heterocycles. The Kier molecular flexibility index (Phi) is 29.9. The Morgan fingerprint density at radius 2 is 1.08 bits per heavy atom. The first-order chi connectivity index (χ1) is 4.86. The van der Waals surface area contributed by atoms with Crippen molar-refractivity contribution < 1.29 is 132 Å². The van der Waals surface area contributed by atoms with Gasteiger partial charge in [-0.3, -0.25) is 9.59 Å². The molecule has 0 radical (unpaired) electrons. The van der Waals surface area contributed by atoms with E-state index in [-0.39, 0.29) is 103 Å². The first kappa shape index (κ1) is 24.1. The van der Waals surface area contributed by atoms with Crippen molar-refractivity contribution in [3.63, 3.8) is 0 Å². The second-order valence-corrected chi connectivity index (χ2v) is 1.34. The van der Waals surface area contributed by atoms with Crippen LogP contribution in [0.2, 0.25) is 0 Å². The molecular weight excluding hydrogens is 234 g/mol. The van der Waals surface area contributed by atoms with Crippen LogP contribution in [-0.2, 0) is 14.3 Å². The van der Waals surface area contributed by atoms with Gasteiger partial charge in [0, 0.05) is 13.8 Å². The summed E-state index contributed by atoms with van der Waals surface area (Å²) in [5.74, 6) is -1.12. The molecule has 0 spiro atoms. The Morgan fingerprint density at radius 1 is 0.923 bits per heavy atom. The zero-order valence-electron chi connectivity index (χ0n) is 7.95. The van der Waals surface area contributed by atoms with Gasteiger partial charge in [0.25, 0.3) is 0 Å². The van der Waals surface area contributed by atoms with Crippen LogP contribution in [0.25, 0.3) is 0 Å². The summed E-state index contributed by atoms with van der Waals surface area (Å²) in [7, 11) is 0. The third-order valence-electron chi connectivity index (χ3n) is 0.287. The van der Waals surface area contributed by atoms with Gasteiger partial charge in [-0.25, -0.2) is 0 Å². The molecule has 0 aliphatic heterocycles. The molecule has 0 unspecified atom stereocenters. The minimum Gasteiger partial charge on any atom is -0.652 e. The number of carbonyl (C=O) groups excluding carboxylic acids is 3. The van der Waals surface area contributed by atoms with E-state index < -0.39 is 18.1 Å². The summed E-state index contributed by atoms with van der Waals surface area (Å²) >= 11 is 0. The number of esters is 2. The maximum Gasteiger partial charge on any atom is 1.00 e. The summed E-state index contributed by atoms with van der Waals surface area (Å²) in [5, 5.41) is 16.7. The molecule has 0 saturated heterocycles.